The molecule has 1 heterocycles. The van der Waals surface area contributed by atoms with Crippen molar-refractivity contribution >= 4 is 11.9 Å². The van der Waals surface area contributed by atoms with Gasteiger partial charge in [0.2, 0.25) is 5.91 Å². The van der Waals surface area contributed by atoms with Crippen LogP contribution in [0.4, 0.5) is 0 Å². The molecule has 1 aliphatic carbocycles. The van der Waals surface area contributed by atoms with E-state index in [1.165, 1.54) is 12.8 Å². The number of carboxylic acid groups (broad SMARTS) is 1. The maximum Gasteiger partial charge on any atom is 0.317 e. The number of nitrogens with zero attached hydrogens (tertiary/aromatic N) is 2. The fourth-order valence-electron chi connectivity index (χ4n) is 4.73. The van der Waals surface area contributed by atoms with Gasteiger partial charge in [0.05, 0.1) is 12.6 Å². The van der Waals surface area contributed by atoms with E-state index in [9.17, 15) is 9.59 Å². The van der Waals surface area contributed by atoms with E-state index < -0.39 is 5.97 Å². The normalized spacial score (nSPS) is 27.3. The fourth-order valence-corrected chi connectivity index (χ4v) is 4.73. The van der Waals surface area contributed by atoms with Crippen LogP contribution in [-0.2, 0) is 14.3 Å². The lowest BCUT2D eigenvalue weighted by atomic mass is 9.75. The molecular formula is C21H38N2O4. The largest absolute Gasteiger partial charge is 0.480 e. The Labute approximate surface area is 164 Å². The van der Waals surface area contributed by atoms with Crippen LogP contribution >= 0.6 is 0 Å². The highest BCUT2D eigenvalue weighted by Crippen LogP contribution is 2.35. The SMILES string of the molecule is CCN(CC(=O)O)C1CCN(C(=O)COC2CC(C)CCC2C(C)C)CC1. The third kappa shape index (κ3) is 6.46. The summed E-state index contributed by atoms with van der Waals surface area (Å²) in [6.45, 7) is 11.1. The Hall–Kier alpha value is -1.14. The second-order valence-electron chi connectivity index (χ2n) is 8.74. The highest BCUT2D eigenvalue weighted by molar-refractivity contribution is 5.77. The first kappa shape index (κ1) is 22.2. The predicted molar refractivity (Wildman–Crippen MR) is 106 cm³/mol. The molecule has 156 valence electrons. The lowest BCUT2D eigenvalue weighted by molar-refractivity contribution is -0.144. The lowest BCUT2D eigenvalue weighted by Gasteiger charge is -2.39. The van der Waals surface area contributed by atoms with Gasteiger partial charge in [-0.2, -0.15) is 0 Å². The molecule has 0 aromatic rings. The fraction of sp³-hybridized carbons (Fsp3) is 0.905. The van der Waals surface area contributed by atoms with Crippen LogP contribution in [0.1, 0.15) is 59.8 Å². The number of likely N-dealkylation sites (tertiary alicyclic amines) is 1. The quantitative estimate of drug-likeness (QED) is 0.699. The summed E-state index contributed by atoms with van der Waals surface area (Å²) < 4.78 is 6.11. The number of carboxylic acids is 1. The number of likely N-dealkylation sites (N-methyl/N-ethyl adjacent to an activating group) is 1. The molecule has 1 saturated heterocycles. The minimum absolute atomic E-state index is 0.0781. The molecule has 6 heteroatoms. The Kier molecular flexibility index (Phi) is 8.55. The molecule has 0 bridgehead atoms. The van der Waals surface area contributed by atoms with E-state index in [-0.39, 0.29) is 31.2 Å². The first-order valence-corrected chi connectivity index (χ1v) is 10.7. The average Bonchev–Trinajstić information content (AvgIpc) is 2.64. The summed E-state index contributed by atoms with van der Waals surface area (Å²) in [5.74, 6) is 1.10. The Bertz CT molecular complexity index is 489. The van der Waals surface area contributed by atoms with Crippen molar-refractivity contribution in [1.29, 1.82) is 0 Å². The highest BCUT2D eigenvalue weighted by Gasteiger charge is 2.33. The van der Waals surface area contributed by atoms with Crippen molar-refractivity contribution in [2.45, 2.75) is 71.9 Å². The molecule has 0 radical (unpaired) electrons. The number of carbonyl (C=O) groups excluding carboxylic acids is 1. The summed E-state index contributed by atoms with van der Waals surface area (Å²) in [5, 5.41) is 9.04. The smallest absolute Gasteiger partial charge is 0.317 e. The van der Waals surface area contributed by atoms with E-state index >= 15 is 0 Å². The molecule has 2 aliphatic rings. The van der Waals surface area contributed by atoms with Crippen LogP contribution in [0.15, 0.2) is 0 Å². The molecule has 0 spiro atoms. The molecule has 0 aromatic carbocycles. The number of piperidine rings is 1. The van der Waals surface area contributed by atoms with Gasteiger partial charge < -0.3 is 14.7 Å². The van der Waals surface area contributed by atoms with Crippen LogP contribution < -0.4 is 0 Å². The second kappa shape index (κ2) is 10.4. The van der Waals surface area contributed by atoms with Crippen LogP contribution in [0.2, 0.25) is 0 Å². The maximum atomic E-state index is 12.6. The van der Waals surface area contributed by atoms with E-state index in [2.05, 4.69) is 20.8 Å². The van der Waals surface area contributed by atoms with Gasteiger partial charge in [-0.15, -0.1) is 0 Å². The number of carbonyl (C=O) groups is 2. The summed E-state index contributed by atoms with van der Waals surface area (Å²) in [6, 6.07) is 0.251. The number of rotatable bonds is 8. The summed E-state index contributed by atoms with van der Waals surface area (Å²) in [7, 11) is 0. The Balaban J connectivity index is 1.79. The lowest BCUT2D eigenvalue weighted by Crippen LogP contribution is -2.49. The van der Waals surface area contributed by atoms with Gasteiger partial charge in [0.15, 0.2) is 0 Å². The molecule has 1 amide bonds. The van der Waals surface area contributed by atoms with Gasteiger partial charge in [-0.25, -0.2) is 0 Å². The summed E-state index contributed by atoms with van der Waals surface area (Å²) >= 11 is 0. The molecule has 1 aliphatic heterocycles. The zero-order valence-corrected chi connectivity index (χ0v) is 17.5. The minimum Gasteiger partial charge on any atom is -0.480 e. The Morgan fingerprint density at radius 1 is 1.19 bits per heavy atom. The van der Waals surface area contributed by atoms with Gasteiger partial charge >= 0.3 is 5.97 Å². The van der Waals surface area contributed by atoms with Gasteiger partial charge in [0, 0.05) is 19.1 Å². The third-order valence-corrected chi connectivity index (χ3v) is 6.46. The van der Waals surface area contributed by atoms with E-state index in [1.807, 2.05) is 16.7 Å². The molecule has 0 aromatic heterocycles. The number of aliphatic carboxylic acids is 1. The van der Waals surface area contributed by atoms with Crippen molar-refractivity contribution in [2.24, 2.45) is 17.8 Å². The van der Waals surface area contributed by atoms with Crippen LogP contribution in [0.3, 0.4) is 0 Å². The van der Waals surface area contributed by atoms with Gasteiger partial charge in [-0.1, -0.05) is 34.1 Å². The number of ether oxygens (including phenoxy) is 1. The Morgan fingerprint density at radius 2 is 1.85 bits per heavy atom. The summed E-state index contributed by atoms with van der Waals surface area (Å²) in [4.78, 5) is 27.5. The zero-order valence-electron chi connectivity index (χ0n) is 17.5. The maximum absolute atomic E-state index is 12.6. The van der Waals surface area contributed by atoms with Crippen molar-refractivity contribution in [3.8, 4) is 0 Å². The van der Waals surface area contributed by atoms with Crippen molar-refractivity contribution in [3.63, 3.8) is 0 Å². The molecule has 27 heavy (non-hydrogen) atoms. The molecule has 1 N–H and O–H groups in total. The van der Waals surface area contributed by atoms with E-state index in [0.717, 1.165) is 25.8 Å². The van der Waals surface area contributed by atoms with Gasteiger partial charge in [-0.3, -0.25) is 14.5 Å². The van der Waals surface area contributed by atoms with E-state index in [0.29, 0.717) is 30.8 Å². The van der Waals surface area contributed by atoms with Crippen molar-refractivity contribution in [2.75, 3.05) is 32.8 Å². The molecule has 3 atom stereocenters. The van der Waals surface area contributed by atoms with Crippen LogP contribution in [-0.4, -0.2) is 71.7 Å². The highest BCUT2D eigenvalue weighted by atomic mass is 16.5. The van der Waals surface area contributed by atoms with E-state index in [1.54, 1.807) is 0 Å². The number of hydrogen-bond acceptors (Lipinski definition) is 4. The first-order valence-electron chi connectivity index (χ1n) is 10.7. The van der Waals surface area contributed by atoms with Crippen LogP contribution in [0.5, 0.6) is 0 Å². The van der Waals surface area contributed by atoms with E-state index in [4.69, 9.17) is 9.84 Å². The van der Waals surface area contributed by atoms with Gasteiger partial charge in [0.1, 0.15) is 6.61 Å². The van der Waals surface area contributed by atoms with Crippen LogP contribution in [0.25, 0.3) is 0 Å². The molecule has 6 nitrogen and oxygen atoms in total. The van der Waals surface area contributed by atoms with Crippen molar-refractivity contribution < 1.29 is 19.4 Å². The predicted octanol–water partition coefficient (Wildman–Crippen LogP) is 2.86. The van der Waals surface area contributed by atoms with Crippen molar-refractivity contribution in [1.82, 2.24) is 9.80 Å². The first-order chi connectivity index (χ1) is 12.8. The monoisotopic (exact) mass is 382 g/mol. The minimum atomic E-state index is -0.787. The Morgan fingerprint density at radius 3 is 2.41 bits per heavy atom. The van der Waals surface area contributed by atoms with Gasteiger partial charge in [-0.05, 0) is 50.0 Å². The average molecular weight is 383 g/mol. The summed E-state index contributed by atoms with van der Waals surface area (Å²) in [6.07, 6.45) is 5.37. The third-order valence-electron chi connectivity index (χ3n) is 6.46. The molecule has 1 saturated carbocycles. The molecule has 2 rings (SSSR count). The number of amides is 1. The summed E-state index contributed by atoms with van der Waals surface area (Å²) in [5.41, 5.74) is 0. The molecule has 3 unspecified atom stereocenters. The number of hydrogen-bond donors (Lipinski definition) is 1. The standard InChI is InChI=1S/C21H38N2O4/c1-5-22(13-21(25)26)17-8-10-23(11-9-17)20(24)14-27-19-12-16(4)6-7-18(19)15(2)3/h15-19H,5-14H2,1-4H3,(H,25,26). The second-order valence-corrected chi connectivity index (χ2v) is 8.74. The van der Waals surface area contributed by atoms with Crippen molar-refractivity contribution in [3.05, 3.63) is 0 Å². The molecular weight excluding hydrogens is 344 g/mol. The molecule has 2 fully saturated rings. The van der Waals surface area contributed by atoms with Gasteiger partial charge in [0.25, 0.3) is 0 Å². The van der Waals surface area contributed by atoms with Crippen LogP contribution in [0, 0.1) is 17.8 Å². The zero-order chi connectivity index (χ0) is 20.0. The topological polar surface area (TPSA) is 70.1 Å².